The maximum absolute atomic E-state index is 14.2. The SMILES string of the molecule is C1COCCN1.CC(C)(C)OC(=O)NC1CCCCCC=CC2CC2(C(=O)N=S(=O)=O)NC(=O)C2CC(OC(=O)N3Cc4ccc(Cl)cc4C3)CN2C1=O. The third kappa shape index (κ3) is 11.0. The van der Waals surface area contributed by atoms with Crippen LogP contribution in [0.15, 0.2) is 34.7 Å². The van der Waals surface area contributed by atoms with Gasteiger partial charge in [0.05, 0.1) is 19.8 Å². The Morgan fingerprint density at radius 2 is 1.81 bits per heavy atom. The molecule has 16 nitrogen and oxygen atoms in total. The topological polar surface area (TPSA) is 202 Å². The number of carbonyl (C=O) groups is 5. The number of benzene rings is 1. The van der Waals surface area contributed by atoms with Crippen molar-refractivity contribution in [1.82, 2.24) is 25.8 Å². The van der Waals surface area contributed by atoms with Crippen LogP contribution in [0.3, 0.4) is 0 Å². The van der Waals surface area contributed by atoms with E-state index in [1.807, 2.05) is 12.1 Å². The lowest BCUT2D eigenvalue weighted by Crippen LogP contribution is -2.56. The van der Waals surface area contributed by atoms with E-state index in [0.717, 1.165) is 50.3 Å². The minimum Gasteiger partial charge on any atom is -0.444 e. The van der Waals surface area contributed by atoms with Crippen LogP contribution in [0.1, 0.15) is 76.8 Å². The van der Waals surface area contributed by atoms with E-state index >= 15 is 0 Å². The molecular weight excluding hydrogens is 744 g/mol. The fraction of sp³-hybridized carbons (Fsp3) is 0.639. The van der Waals surface area contributed by atoms with E-state index in [-0.39, 0.29) is 32.4 Å². The number of alkyl carbamates (subject to hydrolysis) is 1. The number of morpholine rings is 1. The minimum atomic E-state index is -3.03. The highest BCUT2D eigenvalue weighted by Gasteiger charge is 2.61. The molecule has 3 N–H and O–H groups in total. The fourth-order valence-corrected chi connectivity index (χ4v) is 7.46. The molecule has 6 rings (SSSR count). The van der Waals surface area contributed by atoms with Gasteiger partial charge in [-0.1, -0.05) is 47.0 Å². The zero-order valence-corrected chi connectivity index (χ0v) is 32.4. The molecule has 18 heteroatoms. The molecule has 1 aromatic rings. The molecule has 1 aliphatic carbocycles. The summed E-state index contributed by atoms with van der Waals surface area (Å²) >= 11 is 6.12. The van der Waals surface area contributed by atoms with Crippen LogP contribution in [-0.2, 0) is 52.2 Å². The highest BCUT2D eigenvalue weighted by molar-refractivity contribution is 7.62. The first-order valence-electron chi connectivity index (χ1n) is 18.3. The van der Waals surface area contributed by atoms with E-state index in [0.29, 0.717) is 24.4 Å². The van der Waals surface area contributed by atoms with Crippen LogP contribution in [0.25, 0.3) is 0 Å². The van der Waals surface area contributed by atoms with Gasteiger partial charge in [0.2, 0.25) is 11.8 Å². The number of amides is 5. The molecule has 1 saturated carbocycles. The number of carbonyl (C=O) groups excluding carboxylic acids is 5. The maximum atomic E-state index is 14.2. The molecule has 5 atom stereocenters. The first-order valence-corrected chi connectivity index (χ1v) is 19.7. The summed E-state index contributed by atoms with van der Waals surface area (Å²) in [4.78, 5) is 69.9. The third-order valence-corrected chi connectivity index (χ3v) is 10.3. The summed E-state index contributed by atoms with van der Waals surface area (Å²) in [6.07, 6.45) is 4.37. The Morgan fingerprint density at radius 1 is 1.07 bits per heavy atom. The smallest absolute Gasteiger partial charge is 0.410 e. The lowest BCUT2D eigenvalue weighted by Gasteiger charge is -2.30. The highest BCUT2D eigenvalue weighted by atomic mass is 35.5. The van der Waals surface area contributed by atoms with Gasteiger partial charge in [0.1, 0.15) is 29.3 Å². The standard InChI is InChI=1S/C32H40ClN5O9S.C4H9NO/c1-31(2,3)47-29(42)34-24-10-8-6-4-5-7-9-21-15-32(21,28(41)36-48(44)45)35-26(39)25-14-23(18-38(25)27(24)40)46-30(43)37-16-19-11-12-22(33)13-20(19)17-37;1-3-6-4-2-5-1/h7,9,11-13,21,23-25H,4-6,8,10,14-18H2,1-3H3,(H,34,42)(H,35,39);5H,1-4H2. The van der Waals surface area contributed by atoms with Gasteiger partial charge in [-0.2, -0.15) is 8.42 Å². The zero-order valence-electron chi connectivity index (χ0n) is 30.8. The van der Waals surface area contributed by atoms with E-state index in [1.54, 1.807) is 39.0 Å². The molecular formula is C36H49ClN6O10S. The van der Waals surface area contributed by atoms with Crippen molar-refractivity contribution in [3.05, 3.63) is 46.5 Å². The molecule has 4 heterocycles. The quantitative estimate of drug-likeness (QED) is 0.380. The summed E-state index contributed by atoms with van der Waals surface area (Å²) in [6, 6.07) is 3.10. The van der Waals surface area contributed by atoms with Crippen molar-refractivity contribution in [3.63, 3.8) is 0 Å². The average molecular weight is 793 g/mol. The number of hydrogen-bond donors (Lipinski definition) is 3. The Hall–Kier alpha value is -4.06. The van der Waals surface area contributed by atoms with Crippen LogP contribution in [0.4, 0.5) is 9.59 Å². The predicted octanol–water partition coefficient (Wildman–Crippen LogP) is 3.25. The first-order chi connectivity index (χ1) is 25.6. The Balaban J connectivity index is 0.000000850. The molecule has 1 aromatic carbocycles. The number of ether oxygens (including phenoxy) is 3. The maximum Gasteiger partial charge on any atom is 0.410 e. The number of halogens is 1. The van der Waals surface area contributed by atoms with Crippen LogP contribution in [0.2, 0.25) is 5.02 Å². The van der Waals surface area contributed by atoms with Crippen molar-refractivity contribution in [1.29, 1.82) is 0 Å². The second-order valence-electron chi connectivity index (χ2n) is 15.0. The predicted molar refractivity (Wildman–Crippen MR) is 195 cm³/mol. The van der Waals surface area contributed by atoms with Crippen LogP contribution < -0.4 is 16.0 Å². The van der Waals surface area contributed by atoms with Gasteiger partial charge in [-0.3, -0.25) is 19.3 Å². The molecule has 4 aliphatic heterocycles. The number of allylic oxidation sites excluding steroid dienone is 1. The Kier molecular flexibility index (Phi) is 13.7. The number of fused-ring (bicyclic) bond motifs is 3. The van der Waals surface area contributed by atoms with Crippen LogP contribution in [0, 0.1) is 5.92 Å². The van der Waals surface area contributed by atoms with Crippen molar-refractivity contribution in [2.24, 2.45) is 10.3 Å². The molecule has 5 amide bonds. The zero-order chi connectivity index (χ0) is 39.0. The first kappa shape index (κ1) is 41.1. The van der Waals surface area contributed by atoms with Gasteiger partial charge >= 0.3 is 22.7 Å². The van der Waals surface area contributed by atoms with Gasteiger partial charge in [-0.05, 0) is 69.7 Å². The van der Waals surface area contributed by atoms with E-state index in [4.69, 9.17) is 25.8 Å². The Bertz CT molecular complexity index is 1740. The molecule has 2 saturated heterocycles. The van der Waals surface area contributed by atoms with Gasteiger partial charge < -0.3 is 35.1 Å². The molecule has 0 radical (unpaired) electrons. The Labute approximate surface area is 321 Å². The van der Waals surface area contributed by atoms with Crippen LogP contribution in [0.5, 0.6) is 0 Å². The fourth-order valence-electron chi connectivity index (χ4n) is 6.97. The summed E-state index contributed by atoms with van der Waals surface area (Å²) in [6.45, 7) is 9.35. The van der Waals surface area contributed by atoms with E-state index in [9.17, 15) is 32.4 Å². The van der Waals surface area contributed by atoms with E-state index < -0.39 is 75.7 Å². The summed E-state index contributed by atoms with van der Waals surface area (Å²) in [5.41, 5.74) is -0.603. The second-order valence-corrected chi connectivity index (χ2v) is 16.1. The number of nitrogens with zero attached hydrogens (tertiary/aromatic N) is 3. The highest BCUT2D eigenvalue weighted by Crippen LogP contribution is 2.46. The van der Waals surface area contributed by atoms with Crippen molar-refractivity contribution >= 4 is 52.0 Å². The normalized spacial score (nSPS) is 27.0. The average Bonchev–Trinajstić information content (AvgIpc) is 3.40. The number of nitrogens with one attached hydrogen (secondary N) is 3. The van der Waals surface area contributed by atoms with Crippen molar-refractivity contribution in [2.45, 2.75) is 108 Å². The van der Waals surface area contributed by atoms with Gasteiger partial charge in [-0.15, -0.1) is 0 Å². The van der Waals surface area contributed by atoms with Crippen molar-refractivity contribution < 1.29 is 46.6 Å². The molecule has 0 aromatic heterocycles. The van der Waals surface area contributed by atoms with Gasteiger partial charge in [0, 0.05) is 43.5 Å². The van der Waals surface area contributed by atoms with Gasteiger partial charge in [-0.25, -0.2) is 9.59 Å². The Morgan fingerprint density at radius 3 is 2.48 bits per heavy atom. The monoisotopic (exact) mass is 792 g/mol. The molecule has 0 spiro atoms. The summed E-state index contributed by atoms with van der Waals surface area (Å²) in [7, 11) is -3.03. The molecule has 5 aliphatic rings. The van der Waals surface area contributed by atoms with E-state index in [2.05, 4.69) is 20.3 Å². The lowest BCUT2D eigenvalue weighted by atomic mass is 10.0. The van der Waals surface area contributed by atoms with Crippen LogP contribution in [-0.4, -0.2) is 110 Å². The molecule has 5 unspecified atom stereocenters. The molecule has 3 fully saturated rings. The minimum absolute atomic E-state index is 0.0928. The molecule has 296 valence electrons. The van der Waals surface area contributed by atoms with Crippen molar-refractivity contribution in [2.75, 3.05) is 32.8 Å². The second kappa shape index (κ2) is 18.0. The van der Waals surface area contributed by atoms with Crippen molar-refractivity contribution in [3.8, 4) is 0 Å². The largest absolute Gasteiger partial charge is 0.444 e. The lowest BCUT2D eigenvalue weighted by molar-refractivity contribution is -0.141. The van der Waals surface area contributed by atoms with Crippen LogP contribution >= 0.6 is 11.6 Å². The van der Waals surface area contributed by atoms with Gasteiger partial charge in [0.15, 0.2) is 0 Å². The number of rotatable bonds is 3. The molecule has 0 bridgehead atoms. The summed E-state index contributed by atoms with van der Waals surface area (Å²) in [5.74, 6) is -2.81. The van der Waals surface area contributed by atoms with Gasteiger partial charge in [0.25, 0.3) is 5.91 Å². The third-order valence-electron chi connectivity index (χ3n) is 9.73. The number of hydrogen-bond acceptors (Lipinski definition) is 11. The molecule has 54 heavy (non-hydrogen) atoms. The summed E-state index contributed by atoms with van der Waals surface area (Å²) in [5, 5.41) is 9.06. The summed E-state index contributed by atoms with van der Waals surface area (Å²) < 4.78 is 42.0. The van der Waals surface area contributed by atoms with E-state index in [1.165, 1.54) is 9.80 Å².